The second-order valence-corrected chi connectivity index (χ2v) is 6.62. The highest BCUT2D eigenvalue weighted by Gasteiger charge is 2.23. The van der Waals surface area contributed by atoms with Crippen LogP contribution in [0, 0.1) is 5.92 Å². The van der Waals surface area contributed by atoms with Crippen LogP contribution in [0.25, 0.3) is 0 Å². The third-order valence-corrected chi connectivity index (χ3v) is 4.95. The molecule has 1 saturated heterocycles. The Bertz CT molecular complexity index is 697. The van der Waals surface area contributed by atoms with Gasteiger partial charge in [-0.25, -0.2) is 0 Å². The summed E-state index contributed by atoms with van der Waals surface area (Å²) in [4.78, 5) is 17.6. The van der Waals surface area contributed by atoms with Crippen LogP contribution in [-0.4, -0.2) is 35.5 Å². The van der Waals surface area contributed by atoms with Gasteiger partial charge >= 0.3 is 0 Å². The highest BCUT2D eigenvalue weighted by atomic mass is 16.5. The molecule has 3 rings (SSSR count). The molecule has 5 nitrogen and oxygen atoms in total. The van der Waals surface area contributed by atoms with Gasteiger partial charge in [0, 0.05) is 18.3 Å². The lowest BCUT2D eigenvalue weighted by atomic mass is 9.95. The molecule has 2 aromatic rings. The number of piperidine rings is 1. The number of hydrogen-bond acceptors (Lipinski definition) is 4. The van der Waals surface area contributed by atoms with Crippen molar-refractivity contribution in [2.75, 3.05) is 19.7 Å². The molecule has 1 aliphatic rings. The minimum absolute atomic E-state index is 0.240. The van der Waals surface area contributed by atoms with Gasteiger partial charge < -0.3 is 10.5 Å². The highest BCUT2D eigenvalue weighted by Crippen LogP contribution is 2.27. The maximum Gasteiger partial charge on any atom is 0.267 e. The molecule has 25 heavy (non-hydrogen) atoms. The van der Waals surface area contributed by atoms with Crippen LogP contribution in [0.5, 0.6) is 5.75 Å². The zero-order valence-electron chi connectivity index (χ0n) is 14.6. The van der Waals surface area contributed by atoms with Gasteiger partial charge in [0.1, 0.15) is 11.4 Å². The molecule has 1 fully saturated rings. The first-order chi connectivity index (χ1) is 12.1. The molecular weight excluding hydrogens is 314 g/mol. The molecule has 1 aromatic heterocycles. The molecule has 1 unspecified atom stereocenters. The molecule has 2 heterocycles. The second-order valence-electron chi connectivity index (χ2n) is 6.62. The number of nitrogens with two attached hydrogens (primary N) is 1. The molecular formula is C20H25N3O2. The first-order valence-electron chi connectivity index (χ1n) is 8.81. The zero-order valence-corrected chi connectivity index (χ0v) is 14.6. The Kier molecular flexibility index (Phi) is 5.66. The summed E-state index contributed by atoms with van der Waals surface area (Å²) in [7, 11) is 0. The van der Waals surface area contributed by atoms with Crippen molar-refractivity contribution in [1.82, 2.24) is 9.88 Å². The van der Waals surface area contributed by atoms with Gasteiger partial charge in [-0.2, -0.15) is 0 Å². The van der Waals surface area contributed by atoms with Gasteiger partial charge in [-0.15, -0.1) is 0 Å². The van der Waals surface area contributed by atoms with E-state index < -0.39 is 5.91 Å². The van der Waals surface area contributed by atoms with Crippen LogP contribution in [0.4, 0.5) is 0 Å². The number of carbonyl (C=O) groups excluding carboxylic acids is 1. The van der Waals surface area contributed by atoms with Gasteiger partial charge in [-0.1, -0.05) is 30.3 Å². The SMILES string of the molecule is CC(c1ccccc1)N1CCC(COc2ccnc(C(N)=O)c2)CC1. The molecule has 5 heteroatoms. The maximum absolute atomic E-state index is 11.2. The number of primary amides is 1. The normalized spacial score (nSPS) is 17.2. The van der Waals surface area contributed by atoms with E-state index in [-0.39, 0.29) is 5.69 Å². The van der Waals surface area contributed by atoms with E-state index in [2.05, 4.69) is 47.1 Å². The second kappa shape index (κ2) is 8.12. The van der Waals surface area contributed by atoms with Gasteiger partial charge in [-0.3, -0.25) is 14.7 Å². The summed E-state index contributed by atoms with van der Waals surface area (Å²) in [6.45, 7) is 5.09. The van der Waals surface area contributed by atoms with Gasteiger partial charge in [0.2, 0.25) is 0 Å². The molecule has 0 saturated carbocycles. The molecule has 0 radical (unpaired) electrons. The number of benzene rings is 1. The summed E-state index contributed by atoms with van der Waals surface area (Å²) < 4.78 is 5.85. The predicted octanol–water partition coefficient (Wildman–Crippen LogP) is 3.03. The Morgan fingerprint density at radius 1 is 1.28 bits per heavy atom. The van der Waals surface area contributed by atoms with E-state index in [0.717, 1.165) is 25.9 Å². The number of ether oxygens (including phenoxy) is 1. The van der Waals surface area contributed by atoms with E-state index in [1.54, 1.807) is 18.3 Å². The largest absolute Gasteiger partial charge is 0.493 e. The van der Waals surface area contributed by atoms with Crippen molar-refractivity contribution >= 4 is 5.91 Å². The maximum atomic E-state index is 11.2. The van der Waals surface area contributed by atoms with Crippen molar-refractivity contribution in [3.05, 3.63) is 59.9 Å². The third-order valence-electron chi connectivity index (χ3n) is 4.95. The van der Waals surface area contributed by atoms with E-state index in [4.69, 9.17) is 10.5 Å². The predicted molar refractivity (Wildman–Crippen MR) is 97.4 cm³/mol. The van der Waals surface area contributed by atoms with Crippen LogP contribution >= 0.6 is 0 Å². The lowest BCUT2D eigenvalue weighted by Crippen LogP contribution is -2.37. The Balaban J connectivity index is 1.48. The minimum Gasteiger partial charge on any atom is -0.493 e. The van der Waals surface area contributed by atoms with Crippen LogP contribution in [0.2, 0.25) is 0 Å². The number of likely N-dealkylation sites (tertiary alicyclic amines) is 1. The Morgan fingerprint density at radius 2 is 2.00 bits per heavy atom. The van der Waals surface area contributed by atoms with Crippen LogP contribution in [0.3, 0.4) is 0 Å². The number of aromatic nitrogens is 1. The van der Waals surface area contributed by atoms with Gasteiger partial charge in [0.25, 0.3) is 5.91 Å². The molecule has 0 aliphatic carbocycles. The molecule has 1 amide bonds. The summed E-state index contributed by atoms with van der Waals surface area (Å²) in [5, 5.41) is 0. The van der Waals surface area contributed by atoms with Crippen LogP contribution in [-0.2, 0) is 0 Å². The minimum atomic E-state index is -0.534. The topological polar surface area (TPSA) is 68.4 Å². The number of pyridine rings is 1. The van der Waals surface area contributed by atoms with E-state index in [1.165, 1.54) is 5.56 Å². The summed E-state index contributed by atoms with van der Waals surface area (Å²) >= 11 is 0. The van der Waals surface area contributed by atoms with Crippen molar-refractivity contribution in [2.24, 2.45) is 11.7 Å². The van der Waals surface area contributed by atoms with E-state index >= 15 is 0 Å². The monoisotopic (exact) mass is 339 g/mol. The average molecular weight is 339 g/mol. The highest BCUT2D eigenvalue weighted by molar-refractivity contribution is 5.91. The van der Waals surface area contributed by atoms with Gasteiger partial charge in [-0.05, 0) is 50.4 Å². The first-order valence-corrected chi connectivity index (χ1v) is 8.81. The smallest absolute Gasteiger partial charge is 0.267 e. The standard InChI is InChI=1S/C20H25N3O2/c1-15(17-5-3-2-4-6-17)23-11-8-16(9-12-23)14-25-18-7-10-22-19(13-18)20(21)24/h2-7,10,13,15-16H,8-9,11-12,14H2,1H3,(H2,21,24). The zero-order chi connectivity index (χ0) is 17.6. The van der Waals surface area contributed by atoms with Gasteiger partial charge in [0.15, 0.2) is 0 Å². The van der Waals surface area contributed by atoms with Crippen molar-refractivity contribution in [3.63, 3.8) is 0 Å². The average Bonchev–Trinajstić information content (AvgIpc) is 2.67. The quantitative estimate of drug-likeness (QED) is 0.878. The number of amides is 1. The van der Waals surface area contributed by atoms with Crippen molar-refractivity contribution in [1.29, 1.82) is 0 Å². The molecule has 2 N–H and O–H groups in total. The fourth-order valence-electron chi connectivity index (χ4n) is 3.30. The van der Waals surface area contributed by atoms with E-state index in [1.807, 2.05) is 0 Å². The number of nitrogens with zero attached hydrogens (tertiary/aromatic N) is 2. The molecule has 1 aliphatic heterocycles. The van der Waals surface area contributed by atoms with Gasteiger partial charge in [0.05, 0.1) is 6.61 Å². The summed E-state index contributed by atoms with van der Waals surface area (Å²) in [5.74, 6) is 0.655. The first kappa shape index (κ1) is 17.4. The van der Waals surface area contributed by atoms with E-state index in [0.29, 0.717) is 24.3 Å². The van der Waals surface area contributed by atoms with Crippen LogP contribution in [0.1, 0.15) is 41.9 Å². The number of rotatable bonds is 6. The van der Waals surface area contributed by atoms with Crippen molar-refractivity contribution < 1.29 is 9.53 Å². The number of hydrogen-bond donors (Lipinski definition) is 1. The fraction of sp³-hybridized carbons (Fsp3) is 0.400. The Hall–Kier alpha value is -2.40. The molecule has 0 bridgehead atoms. The summed E-state index contributed by atoms with van der Waals surface area (Å²) in [5.41, 5.74) is 6.86. The van der Waals surface area contributed by atoms with Crippen molar-refractivity contribution in [2.45, 2.75) is 25.8 Å². The third kappa shape index (κ3) is 4.57. The molecule has 132 valence electrons. The van der Waals surface area contributed by atoms with Crippen LogP contribution < -0.4 is 10.5 Å². The fourth-order valence-corrected chi connectivity index (χ4v) is 3.30. The lowest BCUT2D eigenvalue weighted by molar-refractivity contribution is 0.0994. The number of carbonyl (C=O) groups is 1. The Labute approximate surface area is 148 Å². The lowest BCUT2D eigenvalue weighted by Gasteiger charge is -2.36. The molecule has 1 aromatic carbocycles. The van der Waals surface area contributed by atoms with E-state index in [9.17, 15) is 4.79 Å². The van der Waals surface area contributed by atoms with Crippen LogP contribution in [0.15, 0.2) is 48.7 Å². The van der Waals surface area contributed by atoms with Crippen molar-refractivity contribution in [3.8, 4) is 5.75 Å². The molecule has 1 atom stereocenters. The Morgan fingerprint density at radius 3 is 2.68 bits per heavy atom. The summed E-state index contributed by atoms with van der Waals surface area (Å²) in [6.07, 6.45) is 3.79. The molecule has 0 spiro atoms. The summed E-state index contributed by atoms with van der Waals surface area (Å²) in [6, 6.07) is 14.5.